The molecule has 0 unspecified atom stereocenters. The lowest BCUT2D eigenvalue weighted by molar-refractivity contribution is -0.143. The van der Waals surface area contributed by atoms with Gasteiger partial charge in [-0.25, -0.2) is 4.39 Å². The molecule has 0 saturated heterocycles. The molecule has 12 heavy (non-hydrogen) atoms. The summed E-state index contributed by atoms with van der Waals surface area (Å²) in [4.78, 5) is 20.5. The van der Waals surface area contributed by atoms with E-state index in [1.807, 2.05) is 0 Å². The maximum atomic E-state index is 12.6. The summed E-state index contributed by atoms with van der Waals surface area (Å²) in [6, 6.07) is 0. The summed E-state index contributed by atoms with van der Waals surface area (Å²) in [5.41, 5.74) is 7.98. The number of carbonyl (C=O) groups excluding carboxylic acids is 1. The maximum absolute atomic E-state index is 12.6. The van der Waals surface area contributed by atoms with E-state index < -0.39 is 30.0 Å². The van der Waals surface area contributed by atoms with Crippen molar-refractivity contribution in [2.75, 3.05) is 0 Å². The number of nitrogens with two attached hydrogens (primary N) is 2. The Hall–Kier alpha value is -1.17. The minimum atomic E-state index is -2.02. The van der Waals surface area contributed by atoms with Crippen LogP contribution in [0.1, 0.15) is 13.3 Å². The summed E-state index contributed by atoms with van der Waals surface area (Å²) in [5, 5.41) is 8.43. The Morgan fingerprint density at radius 2 is 2.08 bits per heavy atom. The number of alkyl halides is 1. The third-order valence-electron chi connectivity index (χ3n) is 1.40. The number of carbonyl (C=O) groups is 2. The van der Waals surface area contributed by atoms with Gasteiger partial charge < -0.3 is 16.6 Å². The van der Waals surface area contributed by atoms with Crippen molar-refractivity contribution >= 4 is 11.9 Å². The van der Waals surface area contributed by atoms with Crippen LogP contribution >= 0.6 is 0 Å². The normalized spacial score (nSPS) is 17.9. The Bertz CT molecular complexity index is 205. The van der Waals surface area contributed by atoms with E-state index in [0.717, 1.165) is 6.92 Å². The zero-order chi connectivity index (χ0) is 9.94. The maximum Gasteiger partial charge on any atom is 0.323 e. The van der Waals surface area contributed by atoms with E-state index in [4.69, 9.17) is 10.8 Å². The number of rotatable bonds is 4. The van der Waals surface area contributed by atoms with Crippen LogP contribution in [0.3, 0.4) is 0 Å². The average molecular weight is 178 g/mol. The van der Waals surface area contributed by atoms with E-state index in [1.54, 1.807) is 0 Å². The lowest BCUT2D eigenvalue weighted by Gasteiger charge is -2.19. The van der Waals surface area contributed by atoms with Gasteiger partial charge in [-0.15, -0.1) is 0 Å². The molecule has 0 bridgehead atoms. The molecule has 6 heteroatoms. The summed E-state index contributed by atoms with van der Waals surface area (Å²) >= 11 is 0. The molecule has 0 radical (unpaired) electrons. The topological polar surface area (TPSA) is 106 Å². The van der Waals surface area contributed by atoms with Gasteiger partial charge in [0.25, 0.3) is 5.91 Å². The molecule has 0 spiro atoms. The van der Waals surface area contributed by atoms with Crippen molar-refractivity contribution in [1.29, 1.82) is 0 Å². The van der Waals surface area contributed by atoms with Gasteiger partial charge in [0.1, 0.15) is 5.54 Å². The second-order valence-corrected chi connectivity index (χ2v) is 2.80. The van der Waals surface area contributed by atoms with Gasteiger partial charge in [0.2, 0.25) is 0 Å². The van der Waals surface area contributed by atoms with Gasteiger partial charge in [0.05, 0.1) is 0 Å². The van der Waals surface area contributed by atoms with Crippen LogP contribution < -0.4 is 11.5 Å². The first-order valence-electron chi connectivity index (χ1n) is 3.23. The number of hydrogen-bond acceptors (Lipinski definition) is 3. The van der Waals surface area contributed by atoms with Crippen LogP contribution in [-0.2, 0) is 9.59 Å². The molecule has 0 aliphatic rings. The fraction of sp³-hybridized carbons (Fsp3) is 0.667. The number of halogens is 1. The summed E-state index contributed by atoms with van der Waals surface area (Å²) < 4.78 is 12.6. The predicted molar refractivity (Wildman–Crippen MR) is 38.9 cm³/mol. The fourth-order valence-electron chi connectivity index (χ4n) is 0.560. The van der Waals surface area contributed by atoms with Crippen molar-refractivity contribution in [3.05, 3.63) is 0 Å². The van der Waals surface area contributed by atoms with Gasteiger partial charge >= 0.3 is 5.97 Å². The third kappa shape index (κ3) is 2.83. The Labute approximate surface area is 68.5 Å². The summed E-state index contributed by atoms with van der Waals surface area (Å²) in [6.45, 7) is 1.12. The van der Waals surface area contributed by atoms with Crippen molar-refractivity contribution in [3.8, 4) is 0 Å². The van der Waals surface area contributed by atoms with Gasteiger partial charge in [-0.2, -0.15) is 0 Å². The number of hydrogen-bond donors (Lipinski definition) is 3. The van der Waals surface area contributed by atoms with Gasteiger partial charge in [-0.05, 0) is 6.92 Å². The van der Waals surface area contributed by atoms with Crippen molar-refractivity contribution < 1.29 is 19.1 Å². The Morgan fingerprint density at radius 3 is 2.33 bits per heavy atom. The second-order valence-electron chi connectivity index (χ2n) is 2.80. The molecule has 5 nitrogen and oxygen atoms in total. The van der Waals surface area contributed by atoms with Crippen LogP contribution in [0, 0.1) is 0 Å². The average Bonchev–Trinajstić information content (AvgIpc) is 1.85. The molecule has 0 aromatic carbocycles. The van der Waals surface area contributed by atoms with E-state index in [1.165, 1.54) is 0 Å². The van der Waals surface area contributed by atoms with Crippen LogP contribution in [0.15, 0.2) is 0 Å². The highest BCUT2D eigenvalue weighted by atomic mass is 19.1. The van der Waals surface area contributed by atoms with Crippen molar-refractivity contribution in [2.45, 2.75) is 25.1 Å². The molecule has 1 amide bonds. The zero-order valence-corrected chi connectivity index (χ0v) is 6.58. The summed E-state index contributed by atoms with van der Waals surface area (Å²) in [5.74, 6) is -2.57. The van der Waals surface area contributed by atoms with Gasteiger partial charge in [0, 0.05) is 6.42 Å². The van der Waals surface area contributed by atoms with E-state index in [2.05, 4.69) is 5.73 Å². The molecule has 5 N–H and O–H groups in total. The molecule has 0 saturated carbocycles. The van der Waals surface area contributed by atoms with E-state index in [-0.39, 0.29) is 0 Å². The van der Waals surface area contributed by atoms with Crippen LogP contribution in [-0.4, -0.2) is 28.7 Å². The molecular weight excluding hydrogens is 167 g/mol. The van der Waals surface area contributed by atoms with Gasteiger partial charge in [-0.3, -0.25) is 9.59 Å². The molecule has 0 heterocycles. The number of carboxylic acids is 1. The second kappa shape index (κ2) is 3.48. The Kier molecular flexibility index (Phi) is 3.15. The number of primary amides is 1. The fourth-order valence-corrected chi connectivity index (χ4v) is 0.560. The minimum Gasteiger partial charge on any atom is -0.480 e. The van der Waals surface area contributed by atoms with E-state index in [0.29, 0.717) is 0 Å². The highest BCUT2D eigenvalue weighted by Crippen LogP contribution is 2.11. The molecule has 0 aromatic heterocycles. The molecule has 0 fully saturated rings. The first kappa shape index (κ1) is 10.8. The Balaban J connectivity index is 4.24. The van der Waals surface area contributed by atoms with Crippen LogP contribution in [0.5, 0.6) is 0 Å². The largest absolute Gasteiger partial charge is 0.480 e. The molecule has 0 aromatic rings. The smallest absolute Gasteiger partial charge is 0.323 e. The predicted octanol–water partition coefficient (Wildman–Crippen LogP) is -0.998. The first-order chi connectivity index (χ1) is 5.27. The molecule has 2 atom stereocenters. The van der Waals surface area contributed by atoms with E-state index in [9.17, 15) is 14.0 Å². The summed E-state index contributed by atoms with van der Waals surface area (Å²) in [6.07, 6.45) is -2.63. The third-order valence-corrected chi connectivity index (χ3v) is 1.40. The zero-order valence-electron chi connectivity index (χ0n) is 6.58. The standard InChI is InChI=1S/C6H11FN2O3/c1-6(9,5(11)12)2-3(7)4(8)10/h3H,2,9H2,1H3,(H2,8,10)(H,11,12)/t3-,6+/m1/s1. The SMILES string of the molecule is C[C@](N)(C[C@@H](F)C(N)=O)C(=O)O. The molecule has 0 aliphatic heterocycles. The van der Waals surface area contributed by atoms with Gasteiger partial charge in [0.15, 0.2) is 6.17 Å². The van der Waals surface area contributed by atoms with Gasteiger partial charge in [-0.1, -0.05) is 0 Å². The number of aliphatic carboxylic acids is 1. The van der Waals surface area contributed by atoms with Crippen LogP contribution in [0.2, 0.25) is 0 Å². The quantitative estimate of drug-likeness (QED) is 0.513. The lowest BCUT2D eigenvalue weighted by Crippen LogP contribution is -2.48. The van der Waals surface area contributed by atoms with Crippen molar-refractivity contribution in [2.24, 2.45) is 11.5 Å². The van der Waals surface area contributed by atoms with E-state index >= 15 is 0 Å². The number of carboxylic acid groups (broad SMARTS) is 1. The highest BCUT2D eigenvalue weighted by molar-refractivity contribution is 5.82. The highest BCUT2D eigenvalue weighted by Gasteiger charge is 2.33. The molecular formula is C6H11FN2O3. The number of amides is 1. The monoisotopic (exact) mass is 178 g/mol. The first-order valence-corrected chi connectivity index (χ1v) is 3.23. The molecule has 0 aliphatic carbocycles. The van der Waals surface area contributed by atoms with Crippen molar-refractivity contribution in [3.63, 3.8) is 0 Å². The summed E-state index contributed by atoms with van der Waals surface area (Å²) in [7, 11) is 0. The van der Waals surface area contributed by atoms with Crippen LogP contribution in [0.25, 0.3) is 0 Å². The minimum absolute atomic E-state index is 0.613. The Morgan fingerprint density at radius 1 is 1.67 bits per heavy atom. The molecule has 70 valence electrons. The van der Waals surface area contributed by atoms with Crippen molar-refractivity contribution in [1.82, 2.24) is 0 Å². The molecule has 0 rings (SSSR count). The lowest BCUT2D eigenvalue weighted by atomic mass is 9.96. The van der Waals surface area contributed by atoms with Crippen LogP contribution in [0.4, 0.5) is 4.39 Å².